The molecule has 0 aliphatic carbocycles. The van der Waals surface area contributed by atoms with E-state index < -0.39 is 8.07 Å². The number of rotatable bonds is 7. The molecular formula is C17H36N2O2Si. The smallest absolute Gasteiger partial charge is 0.309 e. The van der Waals surface area contributed by atoms with Gasteiger partial charge in [-0.15, -0.1) is 0 Å². The molecule has 2 atom stereocenters. The lowest BCUT2D eigenvalue weighted by atomic mass is 10.1. The fourth-order valence-corrected chi connectivity index (χ4v) is 7.07. The predicted octanol–water partition coefficient (Wildman–Crippen LogP) is 3.24. The van der Waals surface area contributed by atoms with Gasteiger partial charge in [0, 0.05) is 18.9 Å². The Morgan fingerprint density at radius 3 is 2.64 bits per heavy atom. The molecule has 1 aliphatic rings. The summed E-state index contributed by atoms with van der Waals surface area (Å²) in [6, 6.07) is 0. The van der Waals surface area contributed by atoms with E-state index in [0.717, 1.165) is 26.1 Å². The van der Waals surface area contributed by atoms with Crippen molar-refractivity contribution >= 4 is 14.0 Å². The largest absolute Gasteiger partial charge is 0.469 e. The van der Waals surface area contributed by atoms with E-state index in [1.54, 1.807) is 0 Å². The molecule has 1 fully saturated rings. The van der Waals surface area contributed by atoms with Crippen LogP contribution >= 0.6 is 0 Å². The van der Waals surface area contributed by atoms with Crippen molar-refractivity contribution in [3.8, 4) is 0 Å². The topological polar surface area (TPSA) is 41.6 Å². The van der Waals surface area contributed by atoms with Crippen LogP contribution in [0.2, 0.25) is 18.1 Å². The first kappa shape index (κ1) is 19.7. The van der Waals surface area contributed by atoms with E-state index in [-0.39, 0.29) is 11.9 Å². The first-order valence-electron chi connectivity index (χ1n) is 8.72. The molecule has 130 valence electrons. The summed E-state index contributed by atoms with van der Waals surface area (Å²) in [5.41, 5.74) is 0. The van der Waals surface area contributed by atoms with Crippen molar-refractivity contribution in [3.05, 3.63) is 0 Å². The lowest BCUT2D eigenvalue weighted by molar-refractivity contribution is -0.145. The molecule has 0 aromatic heterocycles. The van der Waals surface area contributed by atoms with Gasteiger partial charge in [0.2, 0.25) is 0 Å². The highest BCUT2D eigenvalue weighted by molar-refractivity contribution is 6.81. The maximum absolute atomic E-state index is 11.8. The molecule has 2 unspecified atom stereocenters. The highest BCUT2D eigenvalue weighted by Crippen LogP contribution is 2.44. The van der Waals surface area contributed by atoms with Crippen LogP contribution in [0, 0.1) is 5.92 Å². The van der Waals surface area contributed by atoms with Crippen molar-refractivity contribution in [2.75, 3.05) is 26.7 Å². The van der Waals surface area contributed by atoms with Crippen LogP contribution in [0.3, 0.4) is 0 Å². The van der Waals surface area contributed by atoms with Gasteiger partial charge in [0.15, 0.2) is 0 Å². The minimum atomic E-state index is -1.56. The van der Waals surface area contributed by atoms with Gasteiger partial charge >= 0.3 is 5.97 Å². The summed E-state index contributed by atoms with van der Waals surface area (Å²) in [7, 11) is -0.0833. The van der Waals surface area contributed by atoms with Gasteiger partial charge in [0.1, 0.15) is 0 Å². The van der Waals surface area contributed by atoms with Gasteiger partial charge in [0.05, 0.1) is 21.1 Å². The van der Waals surface area contributed by atoms with Crippen molar-refractivity contribution in [2.45, 2.75) is 70.9 Å². The Morgan fingerprint density at radius 1 is 1.45 bits per heavy atom. The number of nitrogens with zero attached hydrogens (tertiary/aromatic N) is 1. The Balaban J connectivity index is 2.90. The van der Waals surface area contributed by atoms with E-state index in [9.17, 15) is 4.79 Å². The van der Waals surface area contributed by atoms with Crippen LogP contribution in [0.5, 0.6) is 0 Å². The van der Waals surface area contributed by atoms with E-state index >= 15 is 0 Å². The molecule has 1 heterocycles. The fraction of sp³-hybridized carbons (Fsp3) is 0.941. The lowest BCUT2D eigenvalue weighted by Crippen LogP contribution is -2.67. The molecule has 0 aromatic rings. The summed E-state index contributed by atoms with van der Waals surface area (Å²) in [4.78, 5) is 14.3. The zero-order valence-electron chi connectivity index (χ0n) is 15.7. The Morgan fingerprint density at radius 2 is 2.09 bits per heavy atom. The molecule has 1 saturated heterocycles. The Kier molecular flexibility index (Phi) is 7.08. The number of nitrogens with one attached hydrogen (secondary N) is 1. The molecule has 1 N–H and O–H groups in total. The average Bonchev–Trinajstić information content (AvgIpc) is 2.46. The number of carbonyl (C=O) groups is 1. The van der Waals surface area contributed by atoms with Crippen LogP contribution in [-0.4, -0.2) is 51.5 Å². The number of hydrogen-bond donors (Lipinski definition) is 1. The quantitative estimate of drug-likeness (QED) is 0.575. The van der Waals surface area contributed by atoms with Crippen molar-refractivity contribution in [2.24, 2.45) is 5.92 Å². The number of methoxy groups -OCH3 is 1. The van der Waals surface area contributed by atoms with Crippen molar-refractivity contribution in [1.29, 1.82) is 0 Å². The van der Waals surface area contributed by atoms with Gasteiger partial charge in [0.25, 0.3) is 0 Å². The van der Waals surface area contributed by atoms with Gasteiger partial charge < -0.3 is 10.1 Å². The van der Waals surface area contributed by atoms with Crippen LogP contribution in [0.4, 0.5) is 0 Å². The molecule has 4 nitrogen and oxygen atoms in total. The van der Waals surface area contributed by atoms with Crippen LogP contribution in [-0.2, 0) is 9.53 Å². The molecule has 1 aliphatic heterocycles. The second kappa shape index (κ2) is 7.93. The van der Waals surface area contributed by atoms with Gasteiger partial charge in [-0.05, 0) is 18.0 Å². The third-order valence-electron chi connectivity index (χ3n) is 5.74. The first-order chi connectivity index (χ1) is 10.2. The number of esters is 1. The minimum absolute atomic E-state index is 0.0634. The van der Waals surface area contributed by atoms with Crippen LogP contribution in [0.1, 0.15) is 47.0 Å². The van der Waals surface area contributed by atoms with Gasteiger partial charge in [-0.25, -0.2) is 0 Å². The summed E-state index contributed by atoms with van der Waals surface area (Å²) in [6.45, 7) is 17.1. The minimum Gasteiger partial charge on any atom is -0.469 e. The van der Waals surface area contributed by atoms with Crippen molar-refractivity contribution in [3.63, 3.8) is 0 Å². The molecule has 5 heteroatoms. The standard InChI is InChI=1S/C17H36N2O2Si/c1-8-10-17(3,4)22(6,7)16-18-11-9-12-19(16)13-14(2)15(20)21-5/h14,16,18H,8-13H2,1-7H3. The monoisotopic (exact) mass is 328 g/mol. The molecule has 0 bridgehead atoms. The number of hydrogen-bond acceptors (Lipinski definition) is 4. The second-order valence-electron chi connectivity index (χ2n) is 7.98. The predicted molar refractivity (Wildman–Crippen MR) is 95.6 cm³/mol. The van der Waals surface area contributed by atoms with Gasteiger partial charge in [-0.2, -0.15) is 0 Å². The normalized spacial score (nSPS) is 22.4. The SMILES string of the molecule is CCCC(C)(C)[Si](C)(C)C1NCCCN1CC(C)C(=O)OC. The third kappa shape index (κ3) is 4.33. The summed E-state index contributed by atoms with van der Waals surface area (Å²) >= 11 is 0. The molecule has 0 amide bonds. The Labute approximate surface area is 138 Å². The number of carbonyl (C=O) groups excluding carboxylic acids is 1. The Bertz CT molecular complexity index is 372. The van der Waals surface area contributed by atoms with E-state index in [0.29, 0.717) is 10.8 Å². The molecular weight excluding hydrogens is 292 g/mol. The molecule has 0 spiro atoms. The van der Waals surface area contributed by atoms with E-state index in [4.69, 9.17) is 4.74 Å². The van der Waals surface area contributed by atoms with Crippen LogP contribution in [0.15, 0.2) is 0 Å². The van der Waals surface area contributed by atoms with Gasteiger partial charge in [-0.1, -0.05) is 53.6 Å². The fourth-order valence-electron chi connectivity index (χ4n) is 3.63. The van der Waals surface area contributed by atoms with E-state index in [1.165, 1.54) is 20.0 Å². The van der Waals surface area contributed by atoms with Crippen molar-refractivity contribution in [1.82, 2.24) is 10.2 Å². The van der Waals surface area contributed by atoms with Gasteiger partial charge in [-0.3, -0.25) is 9.69 Å². The highest BCUT2D eigenvalue weighted by atomic mass is 28.3. The third-order valence-corrected chi connectivity index (χ3v) is 11.4. The van der Waals surface area contributed by atoms with Crippen LogP contribution < -0.4 is 5.32 Å². The molecule has 0 aromatic carbocycles. The van der Waals surface area contributed by atoms with E-state index in [1.807, 2.05) is 6.92 Å². The molecule has 0 saturated carbocycles. The zero-order chi connectivity index (χ0) is 17.0. The Hall–Kier alpha value is -0.393. The molecule has 0 radical (unpaired) electrons. The maximum Gasteiger partial charge on any atom is 0.309 e. The zero-order valence-corrected chi connectivity index (χ0v) is 16.7. The molecule has 1 rings (SSSR count). The summed E-state index contributed by atoms with van der Waals surface area (Å²) in [5.74, 6) is 0.276. The highest BCUT2D eigenvalue weighted by Gasteiger charge is 2.47. The summed E-state index contributed by atoms with van der Waals surface area (Å²) < 4.78 is 4.91. The first-order valence-corrected chi connectivity index (χ1v) is 11.8. The van der Waals surface area contributed by atoms with E-state index in [2.05, 4.69) is 44.1 Å². The molecule has 22 heavy (non-hydrogen) atoms. The van der Waals surface area contributed by atoms with Crippen LogP contribution in [0.25, 0.3) is 0 Å². The second-order valence-corrected chi connectivity index (χ2v) is 13.3. The number of ether oxygens (including phenoxy) is 1. The summed E-state index contributed by atoms with van der Waals surface area (Å²) in [5, 5.41) is 4.15. The summed E-state index contributed by atoms with van der Waals surface area (Å²) in [6.07, 6.45) is 3.66. The lowest BCUT2D eigenvalue weighted by Gasteiger charge is -2.52. The van der Waals surface area contributed by atoms with Crippen molar-refractivity contribution < 1.29 is 9.53 Å². The average molecular weight is 329 g/mol. The maximum atomic E-state index is 11.8.